The first-order valence-corrected chi connectivity index (χ1v) is 5.00. The molecule has 4 N–H and O–H groups in total. The van der Waals surface area contributed by atoms with Gasteiger partial charge in [0.25, 0.3) is 0 Å². The molecule has 0 saturated carbocycles. The summed E-state index contributed by atoms with van der Waals surface area (Å²) in [5, 5.41) is 20.9. The lowest BCUT2D eigenvalue weighted by Gasteiger charge is -2.13. The van der Waals surface area contributed by atoms with E-state index in [9.17, 15) is 4.79 Å². The number of hydrogen-bond acceptors (Lipinski definition) is 3. The summed E-state index contributed by atoms with van der Waals surface area (Å²) in [6.45, 7) is -0.476. The smallest absolute Gasteiger partial charge is 0.325 e. The minimum Gasteiger partial charge on any atom is -0.480 e. The lowest BCUT2D eigenvalue weighted by molar-refractivity contribution is -0.137. The van der Waals surface area contributed by atoms with E-state index in [-0.39, 0.29) is 0 Å². The topological polar surface area (TPSA) is 103 Å². The van der Waals surface area contributed by atoms with Gasteiger partial charge in [0.1, 0.15) is 6.54 Å². The minimum atomic E-state index is -1.13. The average Bonchev–Trinajstić information content (AvgIpc) is 2.25. The van der Waals surface area contributed by atoms with Crippen LogP contribution >= 0.6 is 11.6 Å². The molecule has 0 heterocycles. The Kier molecular flexibility index (Phi) is 4.47. The second-order valence-corrected chi connectivity index (χ2v) is 3.51. The first-order valence-electron chi connectivity index (χ1n) is 4.62. The van der Waals surface area contributed by atoms with Crippen LogP contribution in [0.15, 0.2) is 29.4 Å². The number of nitrogens with two attached hydrogens (primary N) is 1. The Morgan fingerprint density at radius 2 is 2.24 bits per heavy atom. The van der Waals surface area contributed by atoms with Gasteiger partial charge in [0.2, 0.25) is 5.96 Å². The van der Waals surface area contributed by atoms with Crippen molar-refractivity contribution in [3.8, 4) is 0 Å². The fourth-order valence-corrected chi connectivity index (χ4v) is 1.21. The molecular formula is C10H11ClN4O2. The van der Waals surface area contributed by atoms with Crippen LogP contribution in [0, 0.1) is 5.41 Å². The van der Waals surface area contributed by atoms with Gasteiger partial charge in [0.05, 0.1) is 6.21 Å². The number of benzene rings is 1. The first-order chi connectivity index (χ1) is 8.00. The Morgan fingerprint density at radius 3 is 2.76 bits per heavy atom. The van der Waals surface area contributed by atoms with E-state index in [4.69, 9.17) is 27.9 Å². The van der Waals surface area contributed by atoms with Crippen molar-refractivity contribution in [3.05, 3.63) is 34.9 Å². The van der Waals surface area contributed by atoms with Crippen LogP contribution in [0.25, 0.3) is 0 Å². The van der Waals surface area contributed by atoms with E-state index in [1.807, 2.05) is 0 Å². The summed E-state index contributed by atoms with van der Waals surface area (Å²) in [6, 6.07) is 6.92. The molecule has 17 heavy (non-hydrogen) atoms. The predicted molar refractivity (Wildman–Crippen MR) is 65.3 cm³/mol. The highest BCUT2D eigenvalue weighted by atomic mass is 35.5. The number of guanidine groups is 1. The van der Waals surface area contributed by atoms with Gasteiger partial charge >= 0.3 is 5.97 Å². The van der Waals surface area contributed by atoms with Crippen LogP contribution in [-0.2, 0) is 4.79 Å². The lowest BCUT2D eigenvalue weighted by Crippen LogP contribution is -2.36. The Bertz CT molecular complexity index is 461. The molecule has 90 valence electrons. The summed E-state index contributed by atoms with van der Waals surface area (Å²) in [7, 11) is 0. The third-order valence-corrected chi connectivity index (χ3v) is 2.15. The number of nitrogens with zero attached hydrogens (tertiary/aromatic N) is 2. The van der Waals surface area contributed by atoms with E-state index >= 15 is 0 Å². The van der Waals surface area contributed by atoms with Gasteiger partial charge in [-0.05, 0) is 6.07 Å². The molecule has 0 atom stereocenters. The van der Waals surface area contributed by atoms with Crippen LogP contribution in [0.3, 0.4) is 0 Å². The molecule has 0 fully saturated rings. The van der Waals surface area contributed by atoms with Crippen LogP contribution in [0.1, 0.15) is 5.56 Å². The first kappa shape index (κ1) is 13.0. The molecule has 1 rings (SSSR count). The van der Waals surface area contributed by atoms with Crippen LogP contribution in [0.5, 0.6) is 0 Å². The molecule has 0 saturated heterocycles. The van der Waals surface area contributed by atoms with Gasteiger partial charge in [-0.2, -0.15) is 5.10 Å². The highest BCUT2D eigenvalue weighted by Gasteiger charge is 2.09. The molecule has 0 aliphatic rings. The molecule has 0 aliphatic carbocycles. The SMILES string of the molecule is N=C(N)N(CC(=O)O)N=Cc1ccccc1Cl. The van der Waals surface area contributed by atoms with Gasteiger partial charge in [0, 0.05) is 10.6 Å². The molecule has 0 radical (unpaired) electrons. The van der Waals surface area contributed by atoms with Crippen molar-refractivity contribution >= 4 is 29.7 Å². The maximum absolute atomic E-state index is 10.5. The van der Waals surface area contributed by atoms with Crippen molar-refractivity contribution in [2.75, 3.05) is 6.54 Å². The van der Waals surface area contributed by atoms with E-state index in [1.54, 1.807) is 24.3 Å². The molecule has 0 spiro atoms. The van der Waals surface area contributed by atoms with Gasteiger partial charge in [-0.15, -0.1) is 0 Å². The van der Waals surface area contributed by atoms with Crippen LogP contribution in [-0.4, -0.2) is 34.8 Å². The zero-order chi connectivity index (χ0) is 12.8. The molecule has 0 amide bonds. The number of carbonyl (C=O) groups is 1. The zero-order valence-electron chi connectivity index (χ0n) is 8.80. The predicted octanol–water partition coefficient (Wildman–Crippen LogP) is 0.954. The number of rotatable bonds is 4. The van der Waals surface area contributed by atoms with Crippen molar-refractivity contribution in [3.63, 3.8) is 0 Å². The van der Waals surface area contributed by atoms with Crippen molar-refractivity contribution in [2.45, 2.75) is 0 Å². The normalized spacial score (nSPS) is 10.4. The largest absolute Gasteiger partial charge is 0.480 e. The molecule has 0 aromatic heterocycles. The van der Waals surface area contributed by atoms with Gasteiger partial charge in [0.15, 0.2) is 0 Å². The number of carboxylic acids is 1. The van der Waals surface area contributed by atoms with E-state index in [0.29, 0.717) is 10.6 Å². The summed E-state index contributed by atoms with van der Waals surface area (Å²) in [5.74, 6) is -1.58. The maximum atomic E-state index is 10.5. The van der Waals surface area contributed by atoms with Crippen LogP contribution in [0.2, 0.25) is 5.02 Å². The van der Waals surface area contributed by atoms with Crippen LogP contribution in [0.4, 0.5) is 0 Å². The average molecular weight is 255 g/mol. The Morgan fingerprint density at radius 1 is 1.59 bits per heavy atom. The summed E-state index contributed by atoms with van der Waals surface area (Å²) >= 11 is 5.88. The molecule has 6 nitrogen and oxygen atoms in total. The van der Waals surface area contributed by atoms with Crippen molar-refractivity contribution in [1.29, 1.82) is 5.41 Å². The zero-order valence-corrected chi connectivity index (χ0v) is 9.55. The highest BCUT2D eigenvalue weighted by Crippen LogP contribution is 2.12. The molecule has 1 aromatic carbocycles. The molecule has 0 aliphatic heterocycles. The van der Waals surface area contributed by atoms with Crippen molar-refractivity contribution in [2.24, 2.45) is 10.8 Å². The summed E-state index contributed by atoms with van der Waals surface area (Å²) < 4.78 is 0. The van der Waals surface area contributed by atoms with E-state index in [0.717, 1.165) is 5.01 Å². The van der Waals surface area contributed by atoms with Gasteiger partial charge in [-0.3, -0.25) is 10.2 Å². The third-order valence-electron chi connectivity index (χ3n) is 1.80. The van der Waals surface area contributed by atoms with E-state index in [2.05, 4.69) is 5.10 Å². The van der Waals surface area contributed by atoms with Gasteiger partial charge < -0.3 is 10.8 Å². The Balaban J connectivity index is 2.83. The standard InChI is InChI=1S/C10H11ClN4O2/c11-8-4-2-1-3-7(8)5-14-15(10(12)13)6-9(16)17/h1-5H,6H2,(H3,12,13)(H,16,17). The third kappa shape index (κ3) is 4.12. The van der Waals surface area contributed by atoms with Crippen molar-refractivity contribution in [1.82, 2.24) is 5.01 Å². The van der Waals surface area contributed by atoms with Gasteiger partial charge in [-0.1, -0.05) is 29.8 Å². The number of hydrazone groups is 1. The van der Waals surface area contributed by atoms with E-state index in [1.165, 1.54) is 6.21 Å². The highest BCUT2D eigenvalue weighted by molar-refractivity contribution is 6.33. The minimum absolute atomic E-state index is 0.448. The Hall–Kier alpha value is -2.08. The second kappa shape index (κ2) is 5.86. The maximum Gasteiger partial charge on any atom is 0.325 e. The van der Waals surface area contributed by atoms with Crippen LogP contribution < -0.4 is 5.73 Å². The number of hydrogen-bond donors (Lipinski definition) is 3. The molecule has 7 heteroatoms. The number of nitrogens with one attached hydrogen (secondary N) is 1. The number of carboxylic acid groups (broad SMARTS) is 1. The summed E-state index contributed by atoms with van der Waals surface area (Å²) in [5.41, 5.74) is 5.80. The summed E-state index contributed by atoms with van der Waals surface area (Å²) in [4.78, 5) is 10.5. The van der Waals surface area contributed by atoms with E-state index < -0.39 is 18.5 Å². The fraction of sp³-hybridized carbons (Fsp3) is 0.100. The van der Waals surface area contributed by atoms with Crippen molar-refractivity contribution < 1.29 is 9.90 Å². The fourth-order valence-electron chi connectivity index (χ4n) is 1.03. The Labute approximate surface area is 103 Å². The molecule has 0 unspecified atom stereocenters. The quantitative estimate of drug-likeness (QED) is 0.423. The van der Waals surface area contributed by atoms with Gasteiger partial charge in [-0.25, -0.2) is 5.01 Å². The lowest BCUT2D eigenvalue weighted by atomic mass is 10.2. The molecular weight excluding hydrogens is 244 g/mol. The monoisotopic (exact) mass is 254 g/mol. The second-order valence-electron chi connectivity index (χ2n) is 3.10. The number of aliphatic carboxylic acids is 1. The molecule has 0 bridgehead atoms. The number of halogens is 1. The molecule has 1 aromatic rings. The summed E-state index contributed by atoms with van der Waals surface area (Å²) in [6.07, 6.45) is 1.35.